The lowest BCUT2D eigenvalue weighted by molar-refractivity contribution is -0.119. The number of carbonyl (C=O) groups excluding carboxylic acids is 2. The van der Waals surface area contributed by atoms with E-state index in [9.17, 15) is 9.59 Å². The molecule has 0 heterocycles. The number of amides is 2. The summed E-state index contributed by atoms with van der Waals surface area (Å²) < 4.78 is 0. The Hall–Kier alpha value is -2.86. The van der Waals surface area contributed by atoms with Crippen LogP contribution < -0.4 is 11.1 Å². The van der Waals surface area contributed by atoms with Crippen LogP contribution in [0.5, 0.6) is 0 Å². The van der Waals surface area contributed by atoms with Crippen LogP contribution in [0.25, 0.3) is 0 Å². The second-order valence-electron chi connectivity index (χ2n) is 6.31. The van der Waals surface area contributed by atoms with Crippen molar-refractivity contribution in [2.24, 2.45) is 10.7 Å². The summed E-state index contributed by atoms with van der Waals surface area (Å²) in [6, 6.07) is 18.5. The molecule has 5 nitrogen and oxygen atoms in total. The maximum Gasteiger partial charge on any atom is 0.274 e. The van der Waals surface area contributed by atoms with Crippen LogP contribution in [0.4, 0.5) is 0 Å². The van der Waals surface area contributed by atoms with Crippen molar-refractivity contribution in [1.29, 1.82) is 0 Å². The zero-order chi connectivity index (χ0) is 21.7. The summed E-state index contributed by atoms with van der Waals surface area (Å²) in [5, 5.41) is 4.04. The van der Waals surface area contributed by atoms with Crippen LogP contribution in [-0.2, 0) is 4.79 Å². The number of hydrogen-bond acceptors (Lipinski definition) is 2. The summed E-state index contributed by atoms with van der Waals surface area (Å²) in [4.78, 5) is 29.6. The third-order valence-electron chi connectivity index (χ3n) is 4.16. The molecule has 0 saturated heterocycles. The first kappa shape index (κ1) is 21.8. The lowest BCUT2D eigenvalue weighted by Crippen LogP contribution is -2.34. The van der Waals surface area contributed by atoms with Crippen molar-refractivity contribution < 1.29 is 9.59 Å². The number of hydrogen-bond donors (Lipinski definition) is 2. The standard InChI is InChI=1S/C22H16Cl3N3O2/c23-16-9-7-13(8-10-16)19(27-21(29)15-4-2-6-18(25)12-15)22(30)28-20(26)14-3-1-5-17(24)11-14/h1-12,19H,(H,27,29)(H2,26,28,30). The maximum atomic E-state index is 13.0. The number of nitrogens with one attached hydrogen (secondary N) is 1. The molecule has 30 heavy (non-hydrogen) atoms. The molecule has 0 aromatic heterocycles. The first-order valence-electron chi connectivity index (χ1n) is 8.79. The molecule has 0 bridgehead atoms. The Morgan fingerprint density at radius 1 is 0.800 bits per heavy atom. The molecule has 0 spiro atoms. The fourth-order valence-corrected chi connectivity index (χ4v) is 3.19. The number of carbonyl (C=O) groups is 2. The minimum absolute atomic E-state index is 0.0153. The van der Waals surface area contributed by atoms with Gasteiger partial charge in [-0.15, -0.1) is 0 Å². The quantitative estimate of drug-likeness (QED) is 0.413. The van der Waals surface area contributed by atoms with Crippen LogP contribution in [-0.4, -0.2) is 17.6 Å². The topological polar surface area (TPSA) is 84.5 Å². The lowest BCUT2D eigenvalue weighted by atomic mass is 10.1. The molecule has 3 rings (SSSR count). The largest absolute Gasteiger partial charge is 0.383 e. The number of benzene rings is 3. The minimum Gasteiger partial charge on any atom is -0.383 e. The van der Waals surface area contributed by atoms with Crippen LogP contribution in [0, 0.1) is 0 Å². The van der Waals surface area contributed by atoms with Gasteiger partial charge in [0.15, 0.2) is 0 Å². The molecule has 1 unspecified atom stereocenters. The van der Waals surface area contributed by atoms with E-state index < -0.39 is 17.9 Å². The third-order valence-corrected chi connectivity index (χ3v) is 4.89. The Morgan fingerprint density at radius 2 is 1.37 bits per heavy atom. The van der Waals surface area contributed by atoms with Crippen molar-refractivity contribution in [3.63, 3.8) is 0 Å². The summed E-state index contributed by atoms with van der Waals surface area (Å²) >= 11 is 17.9. The van der Waals surface area contributed by atoms with E-state index in [2.05, 4.69) is 10.3 Å². The summed E-state index contributed by atoms with van der Waals surface area (Å²) in [6.07, 6.45) is 0. The molecule has 0 saturated carbocycles. The van der Waals surface area contributed by atoms with E-state index in [1.165, 1.54) is 6.07 Å². The number of nitrogens with zero attached hydrogens (tertiary/aromatic N) is 1. The van der Waals surface area contributed by atoms with Gasteiger partial charge in [0.25, 0.3) is 11.8 Å². The maximum absolute atomic E-state index is 13.0. The Kier molecular flexibility index (Phi) is 7.11. The molecule has 3 N–H and O–H groups in total. The fourth-order valence-electron chi connectivity index (χ4n) is 2.68. The molecule has 0 aliphatic carbocycles. The van der Waals surface area contributed by atoms with Gasteiger partial charge in [-0.05, 0) is 48.0 Å². The highest BCUT2D eigenvalue weighted by Gasteiger charge is 2.24. The average Bonchev–Trinajstić information content (AvgIpc) is 2.72. The lowest BCUT2D eigenvalue weighted by Gasteiger charge is -2.17. The zero-order valence-corrected chi connectivity index (χ0v) is 17.7. The van der Waals surface area contributed by atoms with Crippen molar-refractivity contribution in [3.8, 4) is 0 Å². The van der Waals surface area contributed by atoms with Crippen LogP contribution in [0.3, 0.4) is 0 Å². The van der Waals surface area contributed by atoms with Gasteiger partial charge in [-0.25, -0.2) is 0 Å². The normalized spacial score (nSPS) is 12.3. The van der Waals surface area contributed by atoms with Gasteiger partial charge in [-0.3, -0.25) is 9.59 Å². The Bertz CT molecular complexity index is 1110. The van der Waals surface area contributed by atoms with Gasteiger partial charge in [0.2, 0.25) is 0 Å². The SMILES string of the molecule is NC(=NC(=O)C(NC(=O)c1cccc(Cl)c1)c1ccc(Cl)cc1)c1cccc(Cl)c1. The molecular weight excluding hydrogens is 445 g/mol. The van der Waals surface area contributed by atoms with Gasteiger partial charge in [0, 0.05) is 26.2 Å². The zero-order valence-electron chi connectivity index (χ0n) is 15.5. The summed E-state index contributed by atoms with van der Waals surface area (Å²) in [7, 11) is 0. The molecule has 0 aliphatic rings. The summed E-state index contributed by atoms with van der Waals surface area (Å²) in [6.45, 7) is 0. The van der Waals surface area contributed by atoms with E-state index in [0.717, 1.165) is 0 Å². The number of aliphatic imine (C=N–C) groups is 1. The number of rotatable bonds is 5. The van der Waals surface area contributed by atoms with E-state index in [1.807, 2.05) is 0 Å². The Morgan fingerprint density at radius 3 is 1.97 bits per heavy atom. The third kappa shape index (κ3) is 5.60. The monoisotopic (exact) mass is 459 g/mol. The molecule has 0 fully saturated rings. The summed E-state index contributed by atoms with van der Waals surface area (Å²) in [5.74, 6) is -1.15. The first-order valence-corrected chi connectivity index (χ1v) is 9.93. The molecule has 3 aromatic rings. The van der Waals surface area contributed by atoms with Crippen molar-refractivity contribution in [2.45, 2.75) is 6.04 Å². The van der Waals surface area contributed by atoms with E-state index >= 15 is 0 Å². The molecule has 0 radical (unpaired) electrons. The first-order chi connectivity index (χ1) is 14.3. The van der Waals surface area contributed by atoms with Gasteiger partial charge in [0.05, 0.1) is 0 Å². The predicted octanol–water partition coefficient (Wildman–Crippen LogP) is 5.05. The summed E-state index contributed by atoms with van der Waals surface area (Å²) in [5.41, 5.74) is 7.29. The van der Waals surface area contributed by atoms with Gasteiger partial charge in [-0.1, -0.05) is 65.1 Å². The second kappa shape index (κ2) is 9.76. The van der Waals surface area contributed by atoms with Gasteiger partial charge in [-0.2, -0.15) is 4.99 Å². The Labute approximate surface area is 188 Å². The highest BCUT2D eigenvalue weighted by molar-refractivity contribution is 6.31. The smallest absolute Gasteiger partial charge is 0.274 e. The van der Waals surface area contributed by atoms with Crippen molar-refractivity contribution in [1.82, 2.24) is 5.32 Å². The Balaban J connectivity index is 1.92. The van der Waals surface area contributed by atoms with E-state index in [0.29, 0.717) is 31.8 Å². The molecular formula is C22H16Cl3N3O2. The van der Waals surface area contributed by atoms with Crippen LogP contribution >= 0.6 is 34.8 Å². The average molecular weight is 461 g/mol. The number of nitrogens with two attached hydrogens (primary N) is 1. The highest BCUT2D eigenvalue weighted by Crippen LogP contribution is 2.20. The van der Waals surface area contributed by atoms with Crippen molar-refractivity contribution in [3.05, 3.63) is 105 Å². The fraction of sp³-hybridized carbons (Fsp3) is 0.0455. The van der Waals surface area contributed by atoms with Gasteiger partial charge >= 0.3 is 0 Å². The number of halogens is 3. The van der Waals surface area contributed by atoms with Crippen molar-refractivity contribution >= 4 is 52.5 Å². The van der Waals surface area contributed by atoms with Gasteiger partial charge in [0.1, 0.15) is 11.9 Å². The van der Waals surface area contributed by atoms with Crippen LogP contribution in [0.1, 0.15) is 27.5 Å². The van der Waals surface area contributed by atoms with E-state index in [1.54, 1.807) is 66.7 Å². The second-order valence-corrected chi connectivity index (χ2v) is 7.62. The van der Waals surface area contributed by atoms with Crippen LogP contribution in [0.2, 0.25) is 15.1 Å². The predicted molar refractivity (Wildman–Crippen MR) is 120 cm³/mol. The molecule has 1 atom stereocenters. The molecule has 3 aromatic carbocycles. The van der Waals surface area contributed by atoms with Gasteiger partial charge < -0.3 is 11.1 Å². The molecule has 8 heteroatoms. The van der Waals surface area contributed by atoms with Crippen LogP contribution in [0.15, 0.2) is 77.8 Å². The number of amidine groups is 1. The minimum atomic E-state index is -1.08. The molecule has 152 valence electrons. The highest BCUT2D eigenvalue weighted by atomic mass is 35.5. The van der Waals surface area contributed by atoms with Crippen molar-refractivity contribution in [2.75, 3.05) is 0 Å². The molecule has 0 aliphatic heterocycles. The molecule has 2 amide bonds. The van der Waals surface area contributed by atoms with E-state index in [4.69, 9.17) is 40.5 Å². The van der Waals surface area contributed by atoms with E-state index in [-0.39, 0.29) is 5.84 Å².